The molecule has 5 rings (SSSR count). The lowest BCUT2D eigenvalue weighted by Crippen LogP contribution is -2.21. The number of aromatic amines is 1. The van der Waals surface area contributed by atoms with Crippen LogP contribution in [0.5, 0.6) is 0 Å². The topological polar surface area (TPSA) is 106 Å². The van der Waals surface area contributed by atoms with Crippen LogP contribution < -0.4 is 10.9 Å². The smallest absolute Gasteiger partial charge is 0.256 e. The van der Waals surface area contributed by atoms with E-state index < -0.39 is 0 Å². The molecule has 9 heteroatoms. The molecule has 0 atom stereocenters. The molecule has 1 aromatic carbocycles. The Hall–Kier alpha value is -3.46. The lowest BCUT2D eigenvalue weighted by Gasteiger charge is -2.09. The summed E-state index contributed by atoms with van der Waals surface area (Å²) in [5.74, 6) is 0.856. The zero-order chi connectivity index (χ0) is 20.7. The van der Waals surface area contributed by atoms with Crippen molar-refractivity contribution in [1.82, 2.24) is 19.7 Å². The number of hydrogen-bond acceptors (Lipinski definition) is 5. The van der Waals surface area contributed by atoms with Crippen LogP contribution in [0.25, 0.3) is 17.4 Å². The Labute approximate surface area is 179 Å². The standard InChI is InChI=1S/C21H16BrN5O3/c22-13-8-6-12(7-9-13)19(28)24-18-11-16(17-5-2-10-30-17)26-27(18)21-23-15-4-1-3-14(15)20(29)25-21/h2,5-11H,1,3-4H2,(H,24,28)(H,23,25,29). The van der Waals surface area contributed by atoms with E-state index in [1.165, 1.54) is 4.68 Å². The van der Waals surface area contributed by atoms with Crippen LogP contribution in [0.2, 0.25) is 0 Å². The van der Waals surface area contributed by atoms with Gasteiger partial charge in [-0.25, -0.2) is 4.98 Å². The number of fused-ring (bicyclic) bond motifs is 1. The molecule has 2 N–H and O–H groups in total. The molecular weight excluding hydrogens is 450 g/mol. The average Bonchev–Trinajstić information content (AvgIpc) is 3.48. The Morgan fingerprint density at radius 1 is 1.20 bits per heavy atom. The molecule has 0 radical (unpaired) electrons. The summed E-state index contributed by atoms with van der Waals surface area (Å²) in [5.41, 5.74) is 2.31. The number of hydrogen-bond donors (Lipinski definition) is 2. The number of rotatable bonds is 4. The molecule has 0 fully saturated rings. The summed E-state index contributed by atoms with van der Waals surface area (Å²) in [6.07, 6.45) is 3.92. The van der Waals surface area contributed by atoms with Gasteiger partial charge in [0.1, 0.15) is 11.5 Å². The van der Waals surface area contributed by atoms with Crippen LogP contribution >= 0.6 is 15.9 Å². The first-order valence-corrected chi connectivity index (χ1v) is 10.2. The van der Waals surface area contributed by atoms with Crippen LogP contribution in [-0.2, 0) is 12.8 Å². The number of furan rings is 1. The summed E-state index contributed by atoms with van der Waals surface area (Å²) >= 11 is 3.36. The molecule has 3 aromatic heterocycles. The van der Waals surface area contributed by atoms with Crippen molar-refractivity contribution < 1.29 is 9.21 Å². The Bertz CT molecular complexity index is 1290. The van der Waals surface area contributed by atoms with Crippen molar-refractivity contribution in [2.45, 2.75) is 19.3 Å². The summed E-state index contributed by atoms with van der Waals surface area (Å²) in [7, 11) is 0. The van der Waals surface area contributed by atoms with Gasteiger partial charge in [-0.3, -0.25) is 14.6 Å². The highest BCUT2D eigenvalue weighted by molar-refractivity contribution is 9.10. The third kappa shape index (κ3) is 3.37. The Morgan fingerprint density at radius 3 is 2.80 bits per heavy atom. The number of H-pyrrole nitrogens is 1. The summed E-state index contributed by atoms with van der Waals surface area (Å²) in [6.45, 7) is 0. The second-order valence-corrected chi connectivity index (χ2v) is 7.85. The van der Waals surface area contributed by atoms with Gasteiger partial charge in [-0.2, -0.15) is 9.78 Å². The number of aromatic nitrogens is 4. The predicted octanol–water partition coefficient (Wildman–Crippen LogP) is 3.72. The van der Waals surface area contributed by atoms with Crippen LogP contribution in [0.4, 0.5) is 5.82 Å². The van der Waals surface area contributed by atoms with Gasteiger partial charge in [-0.1, -0.05) is 15.9 Å². The summed E-state index contributed by atoms with van der Waals surface area (Å²) in [5, 5.41) is 7.38. The van der Waals surface area contributed by atoms with Gasteiger partial charge in [-0.15, -0.1) is 0 Å². The van der Waals surface area contributed by atoms with E-state index in [9.17, 15) is 9.59 Å². The summed E-state index contributed by atoms with van der Waals surface area (Å²) < 4.78 is 7.74. The number of amides is 1. The molecule has 1 aliphatic rings. The van der Waals surface area contributed by atoms with Crippen molar-refractivity contribution >= 4 is 27.7 Å². The summed E-state index contributed by atoms with van der Waals surface area (Å²) in [6, 6.07) is 12.2. The third-order valence-corrected chi connectivity index (χ3v) is 5.49. The van der Waals surface area contributed by atoms with Gasteiger partial charge in [0.25, 0.3) is 11.5 Å². The number of halogens is 1. The number of nitrogens with one attached hydrogen (secondary N) is 2. The maximum absolute atomic E-state index is 12.8. The fourth-order valence-corrected chi connectivity index (χ4v) is 3.76. The quantitative estimate of drug-likeness (QED) is 0.477. The molecular formula is C21H16BrN5O3. The minimum atomic E-state index is -0.307. The second kappa shape index (κ2) is 7.42. The molecule has 4 aromatic rings. The SMILES string of the molecule is O=C(Nc1cc(-c2ccco2)nn1-c1nc2c(c(=O)[nH]1)CCC2)c1ccc(Br)cc1. The van der Waals surface area contributed by atoms with E-state index in [0.29, 0.717) is 22.8 Å². The normalized spacial score (nSPS) is 12.7. The number of benzene rings is 1. The molecule has 8 nitrogen and oxygen atoms in total. The lowest BCUT2D eigenvalue weighted by molar-refractivity contribution is 0.102. The van der Waals surface area contributed by atoms with Crippen LogP contribution in [0.3, 0.4) is 0 Å². The van der Waals surface area contributed by atoms with Gasteiger partial charge in [0.2, 0.25) is 5.95 Å². The van der Waals surface area contributed by atoms with Crippen molar-refractivity contribution in [2.24, 2.45) is 0 Å². The number of aryl methyl sites for hydroxylation is 1. The third-order valence-electron chi connectivity index (χ3n) is 4.96. The zero-order valence-corrected chi connectivity index (χ0v) is 17.3. The minimum absolute atomic E-state index is 0.173. The van der Waals surface area contributed by atoms with E-state index in [1.807, 2.05) is 0 Å². The fraction of sp³-hybridized carbons (Fsp3) is 0.143. The molecule has 0 saturated heterocycles. The van der Waals surface area contributed by atoms with Crippen molar-refractivity contribution in [3.63, 3.8) is 0 Å². The molecule has 150 valence electrons. The van der Waals surface area contributed by atoms with E-state index in [2.05, 4.69) is 36.3 Å². The first-order valence-electron chi connectivity index (χ1n) is 9.42. The maximum atomic E-state index is 12.8. The Balaban J connectivity index is 1.58. The first-order chi connectivity index (χ1) is 14.6. The van der Waals surface area contributed by atoms with Crippen molar-refractivity contribution in [3.8, 4) is 17.4 Å². The molecule has 1 amide bonds. The van der Waals surface area contributed by atoms with E-state index >= 15 is 0 Å². The first kappa shape index (κ1) is 18.6. The van der Waals surface area contributed by atoms with Gasteiger partial charge in [-0.05, 0) is 55.7 Å². The van der Waals surface area contributed by atoms with E-state index in [4.69, 9.17) is 4.42 Å². The van der Waals surface area contributed by atoms with Gasteiger partial charge >= 0.3 is 0 Å². The Morgan fingerprint density at radius 2 is 2.03 bits per heavy atom. The number of nitrogens with zero attached hydrogens (tertiary/aromatic N) is 3. The number of anilines is 1. The molecule has 0 saturated carbocycles. The lowest BCUT2D eigenvalue weighted by atomic mass is 10.2. The zero-order valence-electron chi connectivity index (χ0n) is 15.7. The van der Waals surface area contributed by atoms with Gasteiger partial charge in [0.15, 0.2) is 5.76 Å². The molecule has 0 aliphatic heterocycles. The maximum Gasteiger partial charge on any atom is 0.256 e. The van der Waals surface area contributed by atoms with Gasteiger partial charge < -0.3 is 9.73 Å². The van der Waals surface area contributed by atoms with Crippen molar-refractivity contribution in [3.05, 3.63) is 80.4 Å². The van der Waals surface area contributed by atoms with Crippen LogP contribution in [0, 0.1) is 0 Å². The van der Waals surface area contributed by atoms with E-state index in [-0.39, 0.29) is 17.4 Å². The summed E-state index contributed by atoms with van der Waals surface area (Å²) in [4.78, 5) is 32.6. The van der Waals surface area contributed by atoms with E-state index in [1.54, 1.807) is 48.7 Å². The van der Waals surface area contributed by atoms with E-state index in [0.717, 1.165) is 35.0 Å². The van der Waals surface area contributed by atoms with Gasteiger partial charge in [0, 0.05) is 21.7 Å². The van der Waals surface area contributed by atoms with Gasteiger partial charge in [0.05, 0.1) is 12.0 Å². The Kier molecular flexibility index (Phi) is 4.59. The largest absolute Gasteiger partial charge is 0.463 e. The molecule has 3 heterocycles. The predicted molar refractivity (Wildman–Crippen MR) is 114 cm³/mol. The van der Waals surface area contributed by atoms with Crippen LogP contribution in [-0.4, -0.2) is 25.7 Å². The highest BCUT2D eigenvalue weighted by atomic mass is 79.9. The second-order valence-electron chi connectivity index (χ2n) is 6.93. The highest BCUT2D eigenvalue weighted by Crippen LogP contribution is 2.25. The molecule has 1 aliphatic carbocycles. The average molecular weight is 466 g/mol. The number of carbonyl (C=O) groups excluding carboxylic acids is 1. The van der Waals surface area contributed by atoms with Crippen molar-refractivity contribution in [2.75, 3.05) is 5.32 Å². The molecule has 0 unspecified atom stereocenters. The monoisotopic (exact) mass is 465 g/mol. The highest BCUT2D eigenvalue weighted by Gasteiger charge is 2.21. The van der Waals surface area contributed by atoms with Crippen LogP contribution in [0.1, 0.15) is 28.0 Å². The van der Waals surface area contributed by atoms with Crippen LogP contribution in [0.15, 0.2) is 62.4 Å². The fourth-order valence-electron chi connectivity index (χ4n) is 3.49. The molecule has 30 heavy (non-hydrogen) atoms. The minimum Gasteiger partial charge on any atom is -0.463 e. The molecule has 0 spiro atoms. The van der Waals surface area contributed by atoms with Crippen molar-refractivity contribution in [1.29, 1.82) is 0 Å². The molecule has 0 bridgehead atoms. The number of carbonyl (C=O) groups is 1.